The Morgan fingerprint density at radius 1 is 1.05 bits per heavy atom. The van der Waals surface area contributed by atoms with Gasteiger partial charge in [-0.3, -0.25) is 9.97 Å². The largest absolute Gasteiger partial charge is 0.324 e. The molecule has 0 amide bonds. The molecule has 104 valence electrons. The molecule has 2 atom stereocenters. The number of hydrogen-bond donors (Lipinski definition) is 1. The summed E-state index contributed by atoms with van der Waals surface area (Å²) in [4.78, 5) is 8.65. The average Bonchev–Trinajstić information content (AvgIpc) is 2.52. The van der Waals surface area contributed by atoms with Gasteiger partial charge in [-0.1, -0.05) is 30.3 Å². The molecule has 3 aromatic rings. The van der Waals surface area contributed by atoms with E-state index in [4.69, 9.17) is 5.73 Å². The highest BCUT2D eigenvalue weighted by molar-refractivity contribution is 5.74. The number of nitrogens with zero attached hydrogens (tertiary/aromatic N) is 2. The summed E-state index contributed by atoms with van der Waals surface area (Å²) in [6.45, 7) is 0. The molecule has 0 fully saturated rings. The summed E-state index contributed by atoms with van der Waals surface area (Å²) >= 11 is 0. The van der Waals surface area contributed by atoms with E-state index in [1.54, 1.807) is 12.4 Å². The van der Waals surface area contributed by atoms with E-state index in [1.807, 2.05) is 6.07 Å². The molecule has 1 heterocycles. The maximum absolute atomic E-state index is 6.41. The molecular weight excluding hydrogens is 258 g/mol. The molecule has 2 N–H and O–H groups in total. The molecule has 2 unspecified atom stereocenters. The van der Waals surface area contributed by atoms with Gasteiger partial charge in [0.05, 0.1) is 11.0 Å². The van der Waals surface area contributed by atoms with Crippen LogP contribution < -0.4 is 5.73 Å². The summed E-state index contributed by atoms with van der Waals surface area (Å²) < 4.78 is 0. The molecular formula is C18H17N3. The van der Waals surface area contributed by atoms with Gasteiger partial charge in [0.1, 0.15) is 0 Å². The van der Waals surface area contributed by atoms with E-state index in [-0.39, 0.29) is 6.04 Å². The van der Waals surface area contributed by atoms with E-state index in [2.05, 4.69) is 46.4 Å². The zero-order valence-corrected chi connectivity index (χ0v) is 11.7. The van der Waals surface area contributed by atoms with Crippen LogP contribution in [0.4, 0.5) is 0 Å². The highest BCUT2D eigenvalue weighted by Gasteiger charge is 2.27. The third kappa shape index (κ3) is 2.20. The van der Waals surface area contributed by atoms with Crippen LogP contribution in [0.1, 0.15) is 35.1 Å². The van der Waals surface area contributed by atoms with Crippen LogP contribution in [0.2, 0.25) is 0 Å². The van der Waals surface area contributed by atoms with E-state index < -0.39 is 0 Å². The average molecular weight is 275 g/mol. The van der Waals surface area contributed by atoms with Crippen LogP contribution in [0, 0.1) is 0 Å². The first-order valence-corrected chi connectivity index (χ1v) is 7.35. The molecule has 0 radical (unpaired) electrons. The first-order valence-electron chi connectivity index (χ1n) is 7.35. The maximum Gasteiger partial charge on any atom is 0.0890 e. The van der Waals surface area contributed by atoms with E-state index in [0.717, 1.165) is 29.4 Å². The van der Waals surface area contributed by atoms with Crippen molar-refractivity contribution >= 4 is 11.0 Å². The Balaban J connectivity index is 1.56. The maximum atomic E-state index is 6.41. The van der Waals surface area contributed by atoms with Crippen LogP contribution >= 0.6 is 0 Å². The summed E-state index contributed by atoms with van der Waals surface area (Å²) in [6, 6.07) is 14.9. The standard InChI is InChI=1S/C18H17N3/c19-16(10-14-9-12-3-1-2-4-15(12)14)13-5-6-17-18(11-13)21-8-7-20-17/h1-8,11,14,16H,9-10,19H2. The van der Waals surface area contributed by atoms with Crippen LogP contribution in [0.25, 0.3) is 11.0 Å². The van der Waals surface area contributed by atoms with Gasteiger partial charge in [0, 0.05) is 18.4 Å². The molecule has 1 aliphatic rings. The Kier molecular flexibility index (Phi) is 2.93. The molecule has 0 aliphatic heterocycles. The van der Waals surface area contributed by atoms with Crippen molar-refractivity contribution in [3.8, 4) is 0 Å². The van der Waals surface area contributed by atoms with Crippen molar-refractivity contribution in [3.05, 3.63) is 71.5 Å². The molecule has 1 aliphatic carbocycles. The fraction of sp³-hybridized carbons (Fsp3) is 0.222. The fourth-order valence-corrected chi connectivity index (χ4v) is 3.23. The molecule has 0 bridgehead atoms. The van der Waals surface area contributed by atoms with E-state index in [1.165, 1.54) is 11.1 Å². The summed E-state index contributed by atoms with van der Waals surface area (Å²) in [5.74, 6) is 0.591. The number of rotatable bonds is 3. The monoisotopic (exact) mass is 275 g/mol. The van der Waals surface area contributed by atoms with Crippen molar-refractivity contribution in [2.24, 2.45) is 5.73 Å². The molecule has 0 saturated heterocycles. The van der Waals surface area contributed by atoms with Gasteiger partial charge in [0.15, 0.2) is 0 Å². The third-order valence-electron chi connectivity index (χ3n) is 4.42. The zero-order valence-electron chi connectivity index (χ0n) is 11.7. The van der Waals surface area contributed by atoms with Gasteiger partial charge in [0.2, 0.25) is 0 Å². The smallest absolute Gasteiger partial charge is 0.0890 e. The Morgan fingerprint density at radius 3 is 2.71 bits per heavy atom. The molecule has 0 saturated carbocycles. The van der Waals surface area contributed by atoms with Crippen molar-refractivity contribution in [1.29, 1.82) is 0 Å². The van der Waals surface area contributed by atoms with Crippen LogP contribution in [0.3, 0.4) is 0 Å². The topological polar surface area (TPSA) is 51.8 Å². The molecule has 21 heavy (non-hydrogen) atoms. The summed E-state index contributed by atoms with van der Waals surface area (Å²) in [6.07, 6.45) is 5.58. The highest BCUT2D eigenvalue weighted by atomic mass is 14.8. The first kappa shape index (κ1) is 12.5. The van der Waals surface area contributed by atoms with Gasteiger partial charge in [-0.2, -0.15) is 0 Å². The van der Waals surface area contributed by atoms with Crippen LogP contribution in [-0.2, 0) is 6.42 Å². The second-order valence-electron chi connectivity index (χ2n) is 5.75. The zero-order chi connectivity index (χ0) is 14.2. The summed E-state index contributed by atoms with van der Waals surface area (Å²) in [5.41, 5.74) is 12.3. The molecule has 3 nitrogen and oxygen atoms in total. The van der Waals surface area contributed by atoms with Gasteiger partial charge in [-0.15, -0.1) is 0 Å². The molecule has 1 aromatic heterocycles. The SMILES string of the molecule is NC(CC1Cc2ccccc21)c1ccc2nccnc2c1. The number of hydrogen-bond acceptors (Lipinski definition) is 3. The van der Waals surface area contributed by atoms with E-state index >= 15 is 0 Å². The Morgan fingerprint density at radius 2 is 1.86 bits per heavy atom. The first-order chi connectivity index (χ1) is 10.3. The minimum Gasteiger partial charge on any atom is -0.324 e. The lowest BCUT2D eigenvalue weighted by molar-refractivity contribution is 0.498. The molecule has 4 rings (SSSR count). The van der Waals surface area contributed by atoms with Crippen LogP contribution in [0.15, 0.2) is 54.9 Å². The highest BCUT2D eigenvalue weighted by Crippen LogP contribution is 2.40. The number of fused-ring (bicyclic) bond motifs is 2. The van der Waals surface area contributed by atoms with Crippen LogP contribution in [0.5, 0.6) is 0 Å². The normalized spacial score (nSPS) is 18.0. The summed E-state index contributed by atoms with van der Waals surface area (Å²) in [5, 5.41) is 0. The van der Waals surface area contributed by atoms with E-state index in [0.29, 0.717) is 5.92 Å². The predicted octanol–water partition coefficient (Wildman–Crippen LogP) is 3.36. The summed E-state index contributed by atoms with van der Waals surface area (Å²) in [7, 11) is 0. The minimum atomic E-state index is 0.0507. The molecule has 3 heteroatoms. The Labute approximate surface area is 123 Å². The predicted molar refractivity (Wildman–Crippen MR) is 84.0 cm³/mol. The van der Waals surface area contributed by atoms with E-state index in [9.17, 15) is 0 Å². The number of nitrogens with two attached hydrogens (primary N) is 1. The molecule has 0 spiro atoms. The van der Waals surface area contributed by atoms with Gasteiger partial charge in [-0.05, 0) is 47.6 Å². The Bertz CT molecular complexity index is 797. The van der Waals surface area contributed by atoms with Crippen molar-refractivity contribution in [2.45, 2.75) is 24.8 Å². The lowest BCUT2D eigenvalue weighted by atomic mass is 9.74. The van der Waals surface area contributed by atoms with Gasteiger partial charge >= 0.3 is 0 Å². The van der Waals surface area contributed by atoms with Crippen molar-refractivity contribution in [1.82, 2.24) is 9.97 Å². The lowest BCUT2D eigenvalue weighted by Crippen LogP contribution is -2.22. The van der Waals surface area contributed by atoms with Gasteiger partial charge < -0.3 is 5.73 Å². The van der Waals surface area contributed by atoms with Gasteiger partial charge in [0.25, 0.3) is 0 Å². The third-order valence-corrected chi connectivity index (χ3v) is 4.42. The van der Waals surface area contributed by atoms with Gasteiger partial charge in [-0.25, -0.2) is 0 Å². The molecule has 2 aromatic carbocycles. The number of benzene rings is 2. The van der Waals surface area contributed by atoms with Crippen molar-refractivity contribution in [3.63, 3.8) is 0 Å². The fourth-order valence-electron chi connectivity index (χ4n) is 3.23. The lowest BCUT2D eigenvalue weighted by Gasteiger charge is -2.32. The Hall–Kier alpha value is -2.26. The van der Waals surface area contributed by atoms with Crippen LogP contribution in [-0.4, -0.2) is 9.97 Å². The van der Waals surface area contributed by atoms with Crippen molar-refractivity contribution < 1.29 is 0 Å². The second kappa shape index (κ2) is 4.93. The minimum absolute atomic E-state index is 0.0507. The second-order valence-corrected chi connectivity index (χ2v) is 5.75. The number of aromatic nitrogens is 2. The quantitative estimate of drug-likeness (QED) is 0.797. The van der Waals surface area contributed by atoms with Crippen molar-refractivity contribution in [2.75, 3.05) is 0 Å².